The Kier molecular flexibility index (Phi) is 4.90. The number of aryl methyl sites for hydroxylation is 1. The topological polar surface area (TPSA) is 80.3 Å². The molecular formula is C14H12F3NO4S2. The lowest BCUT2D eigenvalue weighted by Gasteiger charge is -2.13. The fraction of sp³-hybridized carbons (Fsp3) is 0.143. The van der Waals surface area contributed by atoms with Crippen molar-refractivity contribution in [3.05, 3.63) is 53.8 Å². The third kappa shape index (κ3) is 3.70. The molecule has 2 rings (SSSR count). The zero-order chi connectivity index (χ0) is 18.1. The van der Waals surface area contributed by atoms with E-state index in [2.05, 4.69) is 0 Å². The van der Waals surface area contributed by atoms with Gasteiger partial charge in [0.2, 0.25) is 9.84 Å². The van der Waals surface area contributed by atoms with E-state index in [0.29, 0.717) is 6.07 Å². The highest BCUT2D eigenvalue weighted by atomic mass is 32.2. The third-order valence-electron chi connectivity index (χ3n) is 3.06. The largest absolute Gasteiger partial charge is 0.341 e. The van der Waals surface area contributed by atoms with Gasteiger partial charge in [-0.1, -0.05) is 17.7 Å². The first-order valence-corrected chi connectivity index (χ1v) is 9.48. The zero-order valence-corrected chi connectivity index (χ0v) is 13.8. The summed E-state index contributed by atoms with van der Waals surface area (Å²) < 4.78 is 88.4. The second kappa shape index (κ2) is 6.44. The number of rotatable bonds is 5. The van der Waals surface area contributed by atoms with Crippen LogP contribution in [0.25, 0.3) is 0 Å². The summed E-state index contributed by atoms with van der Waals surface area (Å²) >= 11 is 0. The van der Waals surface area contributed by atoms with Crippen molar-refractivity contribution in [3.63, 3.8) is 0 Å². The van der Waals surface area contributed by atoms with E-state index >= 15 is 0 Å². The highest BCUT2D eigenvalue weighted by Gasteiger charge is 2.31. The summed E-state index contributed by atoms with van der Waals surface area (Å²) in [4.78, 5) is -1.33. The molecule has 0 atom stereocenters. The van der Waals surface area contributed by atoms with Crippen LogP contribution in [0.2, 0.25) is 0 Å². The van der Waals surface area contributed by atoms with Gasteiger partial charge >= 0.3 is 5.76 Å². The van der Waals surface area contributed by atoms with Crippen molar-refractivity contribution in [2.45, 2.75) is 22.5 Å². The van der Waals surface area contributed by atoms with Crippen LogP contribution >= 0.6 is 0 Å². The lowest BCUT2D eigenvalue weighted by molar-refractivity contribution is 0.235. The molecule has 0 saturated heterocycles. The highest BCUT2D eigenvalue weighted by molar-refractivity contribution is 7.93. The lowest BCUT2D eigenvalue weighted by Crippen LogP contribution is -2.18. The first-order valence-electron chi connectivity index (χ1n) is 6.45. The van der Waals surface area contributed by atoms with E-state index in [4.69, 9.17) is 0 Å². The molecule has 0 aliphatic heterocycles. The van der Waals surface area contributed by atoms with E-state index < -0.39 is 42.0 Å². The van der Waals surface area contributed by atoms with Gasteiger partial charge in [-0.05, 0) is 37.3 Å². The maximum absolute atomic E-state index is 13.3. The predicted molar refractivity (Wildman–Crippen MR) is 81.6 cm³/mol. The Labute approximate surface area is 137 Å². The van der Waals surface area contributed by atoms with Crippen LogP contribution in [0, 0.1) is 12.7 Å². The molecule has 0 aromatic heterocycles. The molecule has 0 heterocycles. The van der Waals surface area contributed by atoms with Crippen molar-refractivity contribution in [1.82, 2.24) is 0 Å². The Hall–Kier alpha value is -2.07. The Morgan fingerprint density at radius 1 is 0.958 bits per heavy atom. The fourth-order valence-corrected chi connectivity index (χ4v) is 3.87. The Balaban J connectivity index is 2.52. The number of halogens is 3. The molecule has 130 valence electrons. The average Bonchev–Trinajstić information content (AvgIpc) is 2.49. The molecule has 0 unspecified atom stereocenters. The van der Waals surface area contributed by atoms with Gasteiger partial charge in [0, 0.05) is 0 Å². The molecule has 0 bridgehead atoms. The molecule has 2 aromatic carbocycles. The van der Waals surface area contributed by atoms with Crippen molar-refractivity contribution >= 4 is 25.5 Å². The summed E-state index contributed by atoms with van der Waals surface area (Å²) in [5.41, 5.74) is 0.133. The predicted octanol–water partition coefficient (Wildman–Crippen LogP) is 2.93. The number of alkyl halides is 2. The molecule has 0 spiro atoms. The van der Waals surface area contributed by atoms with Crippen LogP contribution in [-0.4, -0.2) is 22.6 Å². The third-order valence-corrected chi connectivity index (χ3v) is 5.86. The number of sulfonamides is 1. The standard InChI is InChI=1S/C14H12F3NO4S2/c1-9-2-5-11(6-3-9)24(21,22)18-12-7-4-10(15)8-13(12)23(19,20)14(16)17/h2-8,14,18H,1H3. The van der Waals surface area contributed by atoms with Crippen LogP contribution < -0.4 is 4.72 Å². The van der Waals surface area contributed by atoms with E-state index in [0.717, 1.165) is 17.7 Å². The minimum absolute atomic E-state index is 0.196. The van der Waals surface area contributed by atoms with E-state index in [1.54, 1.807) is 6.92 Å². The molecule has 24 heavy (non-hydrogen) atoms. The molecule has 0 radical (unpaired) electrons. The Morgan fingerprint density at radius 2 is 1.54 bits per heavy atom. The average molecular weight is 379 g/mol. The van der Waals surface area contributed by atoms with Crippen molar-refractivity contribution in [1.29, 1.82) is 0 Å². The van der Waals surface area contributed by atoms with E-state index in [1.807, 2.05) is 4.72 Å². The van der Waals surface area contributed by atoms with Crippen molar-refractivity contribution in [3.8, 4) is 0 Å². The molecule has 0 aliphatic rings. The summed E-state index contributed by atoms with van der Waals surface area (Å²) in [6, 6.07) is 7.43. The van der Waals surface area contributed by atoms with E-state index in [9.17, 15) is 30.0 Å². The number of nitrogens with one attached hydrogen (secondary N) is 1. The molecular weight excluding hydrogens is 367 g/mol. The number of hydrogen-bond donors (Lipinski definition) is 1. The van der Waals surface area contributed by atoms with Gasteiger partial charge in [0.1, 0.15) is 5.82 Å². The van der Waals surface area contributed by atoms with E-state index in [1.165, 1.54) is 24.3 Å². The van der Waals surface area contributed by atoms with Crippen LogP contribution in [0.4, 0.5) is 18.9 Å². The Morgan fingerprint density at radius 3 is 2.08 bits per heavy atom. The van der Waals surface area contributed by atoms with Crippen molar-refractivity contribution in [2.75, 3.05) is 4.72 Å². The second-order valence-corrected chi connectivity index (χ2v) is 8.43. The van der Waals surface area contributed by atoms with Gasteiger partial charge in [-0.3, -0.25) is 4.72 Å². The summed E-state index contributed by atoms with van der Waals surface area (Å²) in [7, 11) is -9.42. The van der Waals surface area contributed by atoms with Crippen LogP contribution in [-0.2, 0) is 19.9 Å². The monoisotopic (exact) mass is 379 g/mol. The van der Waals surface area contributed by atoms with Gasteiger partial charge in [-0.15, -0.1) is 0 Å². The summed E-state index contributed by atoms with van der Waals surface area (Å²) in [5, 5.41) is 0. The maximum atomic E-state index is 13.3. The molecule has 10 heteroatoms. The van der Waals surface area contributed by atoms with Crippen molar-refractivity contribution in [2.24, 2.45) is 0 Å². The number of anilines is 1. The molecule has 0 amide bonds. The summed E-state index contributed by atoms with van der Waals surface area (Å²) in [5.74, 6) is -4.91. The summed E-state index contributed by atoms with van der Waals surface area (Å²) in [6.07, 6.45) is 0. The number of sulfone groups is 1. The van der Waals surface area contributed by atoms with Crippen LogP contribution in [0.5, 0.6) is 0 Å². The molecule has 0 fully saturated rings. The van der Waals surface area contributed by atoms with Gasteiger partial charge in [-0.25, -0.2) is 21.2 Å². The molecule has 0 saturated carbocycles. The Bertz CT molecular complexity index is 956. The second-order valence-electron chi connectivity index (χ2n) is 4.86. The first kappa shape index (κ1) is 18.3. The smallest absolute Gasteiger partial charge is 0.278 e. The highest BCUT2D eigenvalue weighted by Crippen LogP contribution is 2.29. The first-order chi connectivity index (χ1) is 11.0. The number of benzene rings is 2. The van der Waals surface area contributed by atoms with Crippen LogP contribution in [0.15, 0.2) is 52.3 Å². The van der Waals surface area contributed by atoms with Crippen molar-refractivity contribution < 1.29 is 30.0 Å². The lowest BCUT2D eigenvalue weighted by atomic mass is 10.2. The minimum atomic E-state index is -5.19. The zero-order valence-electron chi connectivity index (χ0n) is 12.2. The SMILES string of the molecule is Cc1ccc(S(=O)(=O)Nc2ccc(F)cc2S(=O)(=O)C(F)F)cc1. The van der Waals surface area contributed by atoms with Gasteiger partial charge in [0.05, 0.1) is 15.5 Å². The fourth-order valence-electron chi connectivity index (χ4n) is 1.83. The van der Waals surface area contributed by atoms with Crippen LogP contribution in [0.3, 0.4) is 0 Å². The normalized spacial score (nSPS) is 12.4. The maximum Gasteiger partial charge on any atom is 0.341 e. The van der Waals surface area contributed by atoms with Gasteiger partial charge in [0.15, 0.2) is 0 Å². The molecule has 2 aromatic rings. The van der Waals surface area contributed by atoms with Gasteiger partial charge in [-0.2, -0.15) is 8.78 Å². The van der Waals surface area contributed by atoms with Gasteiger partial charge in [0.25, 0.3) is 10.0 Å². The molecule has 5 nitrogen and oxygen atoms in total. The number of hydrogen-bond acceptors (Lipinski definition) is 4. The van der Waals surface area contributed by atoms with E-state index in [-0.39, 0.29) is 4.90 Å². The quantitative estimate of drug-likeness (QED) is 0.866. The summed E-state index contributed by atoms with van der Waals surface area (Å²) in [6.45, 7) is 1.73. The molecule has 0 aliphatic carbocycles. The van der Waals surface area contributed by atoms with Gasteiger partial charge < -0.3 is 0 Å². The minimum Gasteiger partial charge on any atom is -0.278 e. The van der Waals surface area contributed by atoms with Crippen LogP contribution in [0.1, 0.15) is 5.56 Å². The molecule has 1 N–H and O–H groups in total.